The van der Waals surface area contributed by atoms with Gasteiger partial charge in [-0.25, -0.2) is 0 Å². The summed E-state index contributed by atoms with van der Waals surface area (Å²) in [4.78, 5) is 17.2. The maximum Gasteiger partial charge on any atom is 1.00 e. The van der Waals surface area contributed by atoms with Gasteiger partial charge in [-0.15, -0.1) is 0 Å². The third-order valence-electron chi connectivity index (χ3n) is 0. The van der Waals surface area contributed by atoms with E-state index in [2.05, 4.69) is 11.5 Å². The fourth-order valence-corrected chi connectivity index (χ4v) is 0. The Labute approximate surface area is 54.9 Å². The molecule has 7 heavy (non-hydrogen) atoms. The number of nitrogens with two attached hydrogens (primary N) is 2. The van der Waals surface area contributed by atoms with Gasteiger partial charge in [-0.3, -0.25) is 9.59 Å². The van der Waals surface area contributed by atoms with E-state index in [9.17, 15) is 0 Å². The second-order valence-electron chi connectivity index (χ2n) is 0.272. The molecule has 0 aromatic rings. The first kappa shape index (κ1) is 16.0. The molecule has 0 aromatic heterocycles. The number of amides is 2. The average Bonchev–Trinajstić information content (AvgIpc) is 1.39. The van der Waals surface area contributed by atoms with Gasteiger partial charge in [0.2, 0.25) is 12.8 Å². The van der Waals surface area contributed by atoms with Crippen LogP contribution in [0.1, 0.15) is 1.43 Å². The molecule has 0 aliphatic heterocycles. The molecule has 38 valence electrons. The normalized spacial score (nSPS) is 3.43. The van der Waals surface area contributed by atoms with Gasteiger partial charge in [-0.2, -0.15) is 0 Å². The van der Waals surface area contributed by atoms with Crippen LogP contribution in [-0.4, -0.2) is 12.8 Å². The van der Waals surface area contributed by atoms with E-state index in [-0.39, 0.29) is 33.1 Å². The Morgan fingerprint density at radius 3 is 1.14 bits per heavy atom. The first-order valence-corrected chi connectivity index (χ1v) is 1.14. The van der Waals surface area contributed by atoms with Gasteiger partial charge < -0.3 is 12.9 Å². The summed E-state index contributed by atoms with van der Waals surface area (Å²) in [6.07, 6.45) is 0.500. The van der Waals surface area contributed by atoms with Gasteiger partial charge in [-0.1, -0.05) is 0 Å². The Bertz CT molecular complexity index is 39.0. The predicted molar refractivity (Wildman–Crippen MR) is 21.6 cm³/mol. The molecule has 0 aliphatic carbocycles. The fourth-order valence-electron chi connectivity index (χ4n) is 0. The molecule has 0 unspecified atom stereocenters. The van der Waals surface area contributed by atoms with Crippen LogP contribution in [0, 0.1) is 0 Å². The predicted octanol–water partition coefficient (Wildman–Crippen LogP) is -4.68. The van der Waals surface area contributed by atoms with E-state index in [0.717, 1.165) is 0 Å². The second kappa shape index (κ2) is 48.2. The average molecular weight is 98.0 g/mol. The van der Waals surface area contributed by atoms with Crippen molar-refractivity contribution < 1.29 is 29.9 Å². The van der Waals surface area contributed by atoms with Crippen LogP contribution in [0.25, 0.3) is 0 Å². The number of hydrogen-bond acceptors (Lipinski definition) is 2. The zero-order chi connectivity index (χ0) is 5.41. The summed E-state index contributed by atoms with van der Waals surface area (Å²) >= 11 is 0. The molecule has 0 saturated heterocycles. The molecule has 0 spiro atoms. The van der Waals surface area contributed by atoms with Crippen LogP contribution in [0.4, 0.5) is 0 Å². The molecule has 0 rings (SSSR count). The topological polar surface area (TPSA) is 86.2 Å². The Morgan fingerprint density at radius 2 is 1.14 bits per heavy atom. The monoisotopic (exact) mass is 98.1 g/mol. The summed E-state index contributed by atoms with van der Waals surface area (Å²) in [5.74, 6) is 0. The zero-order valence-corrected chi connectivity index (χ0v) is 4.13. The van der Waals surface area contributed by atoms with Crippen molar-refractivity contribution in [2.75, 3.05) is 0 Å². The molecule has 5 heteroatoms. The molecule has 0 atom stereocenters. The molecule has 2 amide bonds. The van der Waals surface area contributed by atoms with E-state index in [4.69, 9.17) is 9.59 Å². The van der Waals surface area contributed by atoms with Crippen LogP contribution in [0.15, 0.2) is 0 Å². The van der Waals surface area contributed by atoms with Crippen molar-refractivity contribution in [3.8, 4) is 0 Å². The third-order valence-corrected chi connectivity index (χ3v) is 0. The van der Waals surface area contributed by atoms with E-state index in [0.29, 0.717) is 0 Å². The van der Waals surface area contributed by atoms with E-state index in [1.165, 1.54) is 0 Å². The third kappa shape index (κ3) is 324. The summed E-state index contributed by atoms with van der Waals surface area (Å²) < 4.78 is 0. The maximum absolute atomic E-state index is 8.58. The van der Waals surface area contributed by atoms with Gasteiger partial charge in [0.15, 0.2) is 0 Å². The first-order valence-electron chi connectivity index (χ1n) is 1.14. The van der Waals surface area contributed by atoms with Crippen molar-refractivity contribution in [1.82, 2.24) is 0 Å². The first-order chi connectivity index (χ1) is 2.83. The molecule has 0 radical (unpaired) electrons. The second-order valence-corrected chi connectivity index (χ2v) is 0.272. The van der Waals surface area contributed by atoms with Crippen molar-refractivity contribution in [3.63, 3.8) is 0 Å². The van der Waals surface area contributed by atoms with Crippen molar-refractivity contribution in [3.05, 3.63) is 0 Å². The van der Waals surface area contributed by atoms with Crippen LogP contribution in [-0.2, 0) is 9.59 Å². The molecule has 0 bridgehead atoms. The largest absolute Gasteiger partial charge is 1.00 e. The van der Waals surface area contributed by atoms with Crippen LogP contribution in [0.5, 0.6) is 0 Å². The molecule has 4 N–H and O–H groups in total. The van der Waals surface area contributed by atoms with Crippen LogP contribution < -0.4 is 30.3 Å². The fraction of sp³-hybridized carbons (Fsp3) is 0. The van der Waals surface area contributed by atoms with Gasteiger partial charge >= 0.3 is 18.9 Å². The number of carbonyl (C=O) groups is 2. The van der Waals surface area contributed by atoms with Gasteiger partial charge in [0.05, 0.1) is 0 Å². The molecule has 0 heterocycles. The molecule has 0 saturated carbocycles. The Morgan fingerprint density at radius 1 is 1.14 bits per heavy atom. The number of rotatable bonds is 0. The SMILES string of the molecule is NC=O.NC=O.[H-].[Li+]. The molecule has 4 nitrogen and oxygen atoms in total. The van der Waals surface area contributed by atoms with Crippen molar-refractivity contribution >= 4 is 12.8 Å². The van der Waals surface area contributed by atoms with Crippen molar-refractivity contribution in [2.45, 2.75) is 0 Å². The summed E-state index contributed by atoms with van der Waals surface area (Å²) in [6.45, 7) is 0. The number of primary amides is 2. The van der Waals surface area contributed by atoms with E-state index < -0.39 is 0 Å². The van der Waals surface area contributed by atoms with Gasteiger partial charge in [0.25, 0.3) is 0 Å². The molecule has 0 aliphatic rings. The standard InChI is InChI=1S/2CH3NO.Li.H/c2*2-1-3;;/h2*1H,(H2,2,3);;/q;;+1;-1. The molecule has 0 fully saturated rings. The van der Waals surface area contributed by atoms with Crippen LogP contribution in [0.2, 0.25) is 0 Å². The molecular formula is C2H7LiN2O2. The summed E-state index contributed by atoms with van der Waals surface area (Å²) in [5, 5.41) is 0. The van der Waals surface area contributed by atoms with Gasteiger partial charge in [-0.05, 0) is 0 Å². The van der Waals surface area contributed by atoms with Gasteiger partial charge in [0.1, 0.15) is 0 Å². The smallest absolute Gasteiger partial charge is 1.00 e. The quantitative estimate of drug-likeness (QED) is 0.235. The van der Waals surface area contributed by atoms with E-state index in [1.807, 2.05) is 0 Å². The Hall–Kier alpha value is -0.463. The zero-order valence-electron chi connectivity index (χ0n) is 5.13. The minimum atomic E-state index is 0. The number of hydrogen-bond donors (Lipinski definition) is 2. The molecule has 0 aromatic carbocycles. The minimum Gasteiger partial charge on any atom is -1.00 e. The Kier molecular flexibility index (Phi) is 110. The summed E-state index contributed by atoms with van der Waals surface area (Å²) in [7, 11) is 0. The molecular weight excluding hydrogens is 91.0 g/mol. The summed E-state index contributed by atoms with van der Waals surface area (Å²) in [6, 6.07) is 0. The van der Waals surface area contributed by atoms with Gasteiger partial charge in [0, 0.05) is 0 Å². The van der Waals surface area contributed by atoms with E-state index in [1.54, 1.807) is 0 Å². The Balaban J connectivity index is -0.0000000160. The van der Waals surface area contributed by atoms with Crippen molar-refractivity contribution in [2.24, 2.45) is 11.5 Å². The van der Waals surface area contributed by atoms with Crippen LogP contribution in [0.3, 0.4) is 0 Å². The minimum absolute atomic E-state index is 0. The van der Waals surface area contributed by atoms with Crippen molar-refractivity contribution in [1.29, 1.82) is 0 Å². The van der Waals surface area contributed by atoms with Crippen LogP contribution >= 0.6 is 0 Å². The number of carbonyl (C=O) groups excluding carboxylic acids is 2. The summed E-state index contributed by atoms with van der Waals surface area (Å²) in [5.41, 5.74) is 8.33. The van der Waals surface area contributed by atoms with E-state index >= 15 is 0 Å². The maximum atomic E-state index is 8.58.